The highest BCUT2D eigenvalue weighted by molar-refractivity contribution is 7.78. The van der Waals surface area contributed by atoms with E-state index in [4.69, 9.17) is 4.74 Å². The summed E-state index contributed by atoms with van der Waals surface area (Å²) in [4.78, 5) is 0. The molecule has 0 fully saturated rings. The molecule has 23 heavy (non-hydrogen) atoms. The molecule has 1 heterocycles. The molecule has 0 saturated heterocycles. The monoisotopic (exact) mass is 317 g/mol. The minimum absolute atomic E-state index is 0.453. The third kappa shape index (κ3) is 2.56. The van der Waals surface area contributed by atoms with Crippen molar-refractivity contribution in [1.29, 1.82) is 0 Å². The van der Waals surface area contributed by atoms with Crippen LogP contribution in [0.25, 0.3) is 0 Å². The standard InChI is InChI=1S/C21H20NP/c1-17-12-13-21-18(16-17)14-15-23(21,20-10-6-3-7-11-20)22-19-8-4-2-5-9-19/h2-16,18,21H,1H3. The van der Waals surface area contributed by atoms with Gasteiger partial charge in [-0.2, -0.15) is 0 Å². The molecule has 2 aliphatic rings. The van der Waals surface area contributed by atoms with Crippen LogP contribution in [0.2, 0.25) is 0 Å². The molecule has 2 aromatic rings. The van der Waals surface area contributed by atoms with E-state index < -0.39 is 7.05 Å². The van der Waals surface area contributed by atoms with E-state index in [0.29, 0.717) is 11.6 Å². The van der Waals surface area contributed by atoms with Gasteiger partial charge in [-0.3, -0.25) is 4.74 Å². The Bertz CT molecular complexity index is 844. The van der Waals surface area contributed by atoms with Gasteiger partial charge in [-0.05, 0) is 30.2 Å². The summed E-state index contributed by atoms with van der Waals surface area (Å²) in [6, 6.07) is 21.2. The minimum atomic E-state index is -1.77. The molecule has 0 radical (unpaired) electrons. The summed E-state index contributed by atoms with van der Waals surface area (Å²) in [7, 11) is -1.77. The van der Waals surface area contributed by atoms with Crippen molar-refractivity contribution in [2.75, 3.05) is 0 Å². The van der Waals surface area contributed by atoms with Gasteiger partial charge in [0.2, 0.25) is 0 Å². The molecule has 0 spiro atoms. The fourth-order valence-corrected chi connectivity index (χ4v) is 7.21. The van der Waals surface area contributed by atoms with Crippen LogP contribution in [-0.2, 0) is 0 Å². The number of allylic oxidation sites excluding steroid dienone is 5. The van der Waals surface area contributed by atoms with Gasteiger partial charge in [0.25, 0.3) is 0 Å². The molecule has 3 atom stereocenters. The van der Waals surface area contributed by atoms with E-state index in [1.165, 1.54) is 10.9 Å². The van der Waals surface area contributed by atoms with Gasteiger partial charge in [0.15, 0.2) is 0 Å². The van der Waals surface area contributed by atoms with Crippen LogP contribution in [0.1, 0.15) is 6.92 Å². The first-order valence-electron chi connectivity index (χ1n) is 8.06. The maximum absolute atomic E-state index is 5.31. The molecule has 0 saturated carbocycles. The van der Waals surface area contributed by atoms with Gasteiger partial charge in [0, 0.05) is 18.6 Å². The number of hydrogen-bond donors (Lipinski definition) is 0. The predicted molar refractivity (Wildman–Crippen MR) is 101 cm³/mol. The zero-order valence-corrected chi connectivity index (χ0v) is 14.1. The summed E-state index contributed by atoms with van der Waals surface area (Å²) in [5, 5.41) is 1.37. The number of rotatable bonds is 2. The highest BCUT2D eigenvalue weighted by Crippen LogP contribution is 2.64. The highest BCUT2D eigenvalue weighted by Gasteiger charge is 2.38. The topological polar surface area (TPSA) is 12.4 Å². The third-order valence-electron chi connectivity index (χ3n) is 4.60. The lowest BCUT2D eigenvalue weighted by Crippen LogP contribution is -2.19. The average molecular weight is 317 g/mol. The van der Waals surface area contributed by atoms with Crippen LogP contribution >= 0.6 is 7.05 Å². The number of benzene rings is 2. The second kappa shape index (κ2) is 5.83. The van der Waals surface area contributed by atoms with Crippen LogP contribution in [0, 0.1) is 5.92 Å². The fraction of sp³-hybridized carbons (Fsp3) is 0.143. The summed E-state index contributed by atoms with van der Waals surface area (Å²) >= 11 is 0. The molecular formula is C21H20NP. The summed E-state index contributed by atoms with van der Waals surface area (Å²) in [5.41, 5.74) is 2.88. The molecule has 1 aliphatic heterocycles. The zero-order valence-electron chi connectivity index (χ0n) is 13.2. The van der Waals surface area contributed by atoms with E-state index in [0.717, 1.165) is 5.69 Å². The molecule has 4 rings (SSSR count). The lowest BCUT2D eigenvalue weighted by Gasteiger charge is -2.29. The van der Waals surface area contributed by atoms with Gasteiger partial charge >= 0.3 is 0 Å². The van der Waals surface area contributed by atoms with Gasteiger partial charge < -0.3 is 0 Å². The Balaban J connectivity index is 1.93. The first kappa shape index (κ1) is 14.5. The molecule has 0 N–H and O–H groups in total. The van der Waals surface area contributed by atoms with Crippen molar-refractivity contribution in [1.82, 2.24) is 0 Å². The number of hydrogen-bond acceptors (Lipinski definition) is 1. The summed E-state index contributed by atoms with van der Waals surface area (Å²) < 4.78 is 5.31. The molecule has 0 bridgehead atoms. The molecule has 2 heteroatoms. The van der Waals surface area contributed by atoms with E-state index in [-0.39, 0.29) is 0 Å². The molecule has 114 valence electrons. The van der Waals surface area contributed by atoms with Crippen LogP contribution in [0.5, 0.6) is 0 Å². The minimum Gasteiger partial charge on any atom is -0.258 e. The lowest BCUT2D eigenvalue weighted by atomic mass is 9.97. The SMILES string of the molecule is CC1=CC2C=CP(=Nc3ccccc3)(c3ccccc3)C2C=C1. The second-order valence-electron chi connectivity index (χ2n) is 6.19. The Morgan fingerprint density at radius 1 is 0.870 bits per heavy atom. The molecular weight excluding hydrogens is 297 g/mol. The largest absolute Gasteiger partial charge is 0.258 e. The van der Waals surface area contributed by atoms with E-state index in [9.17, 15) is 0 Å². The van der Waals surface area contributed by atoms with Crippen LogP contribution in [0.4, 0.5) is 5.69 Å². The number of fused-ring (bicyclic) bond motifs is 1. The smallest absolute Gasteiger partial charge is 0.0621 e. The summed E-state index contributed by atoms with van der Waals surface area (Å²) in [6.07, 6.45) is 9.39. The third-order valence-corrected chi connectivity index (χ3v) is 8.34. The lowest BCUT2D eigenvalue weighted by molar-refractivity contribution is 0.836. The highest BCUT2D eigenvalue weighted by atomic mass is 31.2. The fourth-order valence-electron chi connectivity index (χ4n) is 3.50. The Hall–Kier alpha value is -2.11. The molecule has 1 aliphatic carbocycles. The number of nitrogens with zero attached hydrogens (tertiary/aromatic N) is 1. The zero-order chi connectivity index (χ0) is 15.7. The van der Waals surface area contributed by atoms with Crippen molar-refractivity contribution >= 4 is 18.0 Å². The maximum atomic E-state index is 5.31. The predicted octanol–water partition coefficient (Wildman–Crippen LogP) is 5.87. The van der Waals surface area contributed by atoms with Crippen molar-refractivity contribution in [3.05, 3.63) is 96.4 Å². The maximum Gasteiger partial charge on any atom is 0.0621 e. The summed E-state index contributed by atoms with van der Waals surface area (Å²) in [6.45, 7) is 2.18. The second-order valence-corrected chi connectivity index (χ2v) is 9.28. The van der Waals surface area contributed by atoms with Crippen LogP contribution < -0.4 is 5.30 Å². The summed E-state index contributed by atoms with van der Waals surface area (Å²) in [5.74, 6) is 2.88. The van der Waals surface area contributed by atoms with Gasteiger partial charge in [-0.15, -0.1) is 0 Å². The van der Waals surface area contributed by atoms with Gasteiger partial charge in [-0.1, -0.05) is 78.4 Å². The van der Waals surface area contributed by atoms with Crippen molar-refractivity contribution in [2.45, 2.75) is 12.6 Å². The van der Waals surface area contributed by atoms with Crippen molar-refractivity contribution < 1.29 is 0 Å². The quantitative estimate of drug-likeness (QED) is 0.614. The first-order chi connectivity index (χ1) is 11.3. The average Bonchev–Trinajstić information content (AvgIpc) is 2.95. The van der Waals surface area contributed by atoms with E-state index >= 15 is 0 Å². The Morgan fingerprint density at radius 3 is 2.30 bits per heavy atom. The van der Waals surface area contributed by atoms with E-state index in [1.807, 2.05) is 6.07 Å². The molecule has 1 nitrogen and oxygen atoms in total. The van der Waals surface area contributed by atoms with Gasteiger partial charge in [-0.25, -0.2) is 0 Å². The van der Waals surface area contributed by atoms with Gasteiger partial charge in [0.1, 0.15) is 0 Å². The van der Waals surface area contributed by atoms with Crippen molar-refractivity contribution in [3.63, 3.8) is 0 Å². The van der Waals surface area contributed by atoms with Crippen LogP contribution in [0.3, 0.4) is 0 Å². The molecule has 0 amide bonds. The Labute approximate surface area is 138 Å². The van der Waals surface area contributed by atoms with Gasteiger partial charge in [0.05, 0.1) is 5.69 Å². The van der Waals surface area contributed by atoms with E-state index in [2.05, 4.69) is 91.6 Å². The molecule has 0 aromatic heterocycles. The normalized spacial score (nSPS) is 28.3. The molecule has 2 aromatic carbocycles. The first-order valence-corrected chi connectivity index (χ1v) is 9.94. The van der Waals surface area contributed by atoms with Crippen molar-refractivity contribution in [3.8, 4) is 0 Å². The molecule has 3 unspecified atom stereocenters. The van der Waals surface area contributed by atoms with Crippen LogP contribution in [-0.4, -0.2) is 5.66 Å². The van der Waals surface area contributed by atoms with Crippen molar-refractivity contribution in [2.24, 2.45) is 10.7 Å². The Morgan fingerprint density at radius 2 is 1.57 bits per heavy atom. The Kier molecular flexibility index (Phi) is 3.67. The van der Waals surface area contributed by atoms with Crippen LogP contribution in [0.15, 0.2) is 101 Å². The van der Waals surface area contributed by atoms with E-state index in [1.54, 1.807) is 0 Å².